The maximum absolute atomic E-state index is 11.0. The van der Waals surface area contributed by atoms with Gasteiger partial charge in [0, 0.05) is 0 Å². The van der Waals surface area contributed by atoms with Crippen LogP contribution >= 0.6 is 11.6 Å². The normalized spacial score (nSPS) is 12.4. The number of carbonyl (C=O) groups excluding carboxylic acids is 1. The SMILES string of the molecule is COC(=O)C(Cl)=CC=C(C)c1ccccc1. The second-order valence-electron chi connectivity index (χ2n) is 3.22. The first kappa shape index (κ1) is 12.5. The Morgan fingerprint density at radius 2 is 1.88 bits per heavy atom. The van der Waals surface area contributed by atoms with Crippen LogP contribution in [0.5, 0.6) is 0 Å². The molecule has 0 aromatic heterocycles. The molecule has 0 amide bonds. The molecule has 0 aliphatic carbocycles. The fraction of sp³-hybridized carbons (Fsp3) is 0.154. The predicted octanol–water partition coefficient (Wildman–Crippen LogP) is 3.39. The Kier molecular flexibility index (Phi) is 4.80. The van der Waals surface area contributed by atoms with E-state index in [9.17, 15) is 4.79 Å². The zero-order valence-corrected chi connectivity index (χ0v) is 9.99. The average molecular weight is 237 g/mol. The molecular weight excluding hydrogens is 224 g/mol. The van der Waals surface area contributed by atoms with Crippen molar-refractivity contribution in [1.29, 1.82) is 0 Å². The number of allylic oxidation sites excluding steroid dienone is 3. The van der Waals surface area contributed by atoms with Gasteiger partial charge >= 0.3 is 5.97 Å². The molecule has 0 heterocycles. The Morgan fingerprint density at radius 3 is 2.44 bits per heavy atom. The third-order valence-electron chi connectivity index (χ3n) is 2.09. The molecule has 3 heteroatoms. The maximum atomic E-state index is 11.0. The van der Waals surface area contributed by atoms with E-state index in [1.807, 2.05) is 37.3 Å². The lowest BCUT2D eigenvalue weighted by atomic mass is 10.1. The molecule has 0 atom stereocenters. The molecule has 1 rings (SSSR count). The van der Waals surface area contributed by atoms with E-state index in [2.05, 4.69) is 4.74 Å². The molecule has 0 saturated heterocycles. The standard InChI is InChI=1S/C13H13ClO2/c1-10(11-6-4-3-5-7-11)8-9-12(14)13(15)16-2/h3-9H,1-2H3. The molecule has 0 unspecified atom stereocenters. The number of esters is 1. The summed E-state index contributed by atoms with van der Waals surface area (Å²) in [5, 5.41) is 0.0674. The van der Waals surface area contributed by atoms with E-state index >= 15 is 0 Å². The van der Waals surface area contributed by atoms with Gasteiger partial charge in [0.15, 0.2) is 0 Å². The number of halogens is 1. The molecule has 16 heavy (non-hydrogen) atoms. The molecule has 0 radical (unpaired) electrons. The zero-order valence-electron chi connectivity index (χ0n) is 9.24. The number of ether oxygens (including phenoxy) is 1. The van der Waals surface area contributed by atoms with Crippen LogP contribution in [0.15, 0.2) is 47.5 Å². The Hall–Kier alpha value is -1.54. The van der Waals surface area contributed by atoms with Gasteiger partial charge in [0.1, 0.15) is 5.03 Å². The molecule has 0 spiro atoms. The molecule has 0 aliphatic heterocycles. The lowest BCUT2D eigenvalue weighted by Gasteiger charge is -1.99. The Balaban J connectivity index is 2.83. The van der Waals surface area contributed by atoms with E-state index in [1.165, 1.54) is 13.2 Å². The number of benzene rings is 1. The predicted molar refractivity (Wildman–Crippen MR) is 66.0 cm³/mol. The minimum Gasteiger partial charge on any atom is -0.465 e. The van der Waals surface area contributed by atoms with Crippen LogP contribution in [0.1, 0.15) is 12.5 Å². The lowest BCUT2D eigenvalue weighted by molar-refractivity contribution is -0.135. The van der Waals surface area contributed by atoms with Gasteiger partial charge < -0.3 is 4.74 Å². The van der Waals surface area contributed by atoms with Crippen LogP contribution in [0.25, 0.3) is 5.57 Å². The Labute approximate surface area is 100 Å². The summed E-state index contributed by atoms with van der Waals surface area (Å²) in [7, 11) is 1.30. The Morgan fingerprint density at radius 1 is 1.25 bits per heavy atom. The number of carbonyl (C=O) groups is 1. The molecular formula is C13H13ClO2. The smallest absolute Gasteiger partial charge is 0.349 e. The third-order valence-corrected chi connectivity index (χ3v) is 2.37. The molecule has 0 bridgehead atoms. The van der Waals surface area contributed by atoms with E-state index in [4.69, 9.17) is 11.6 Å². The van der Waals surface area contributed by atoms with Gasteiger partial charge in [-0.05, 0) is 24.1 Å². The van der Waals surface area contributed by atoms with Crippen molar-refractivity contribution in [3.63, 3.8) is 0 Å². The second kappa shape index (κ2) is 6.13. The summed E-state index contributed by atoms with van der Waals surface area (Å²) in [4.78, 5) is 11.0. The first-order valence-corrected chi connectivity index (χ1v) is 5.20. The van der Waals surface area contributed by atoms with Crippen molar-refractivity contribution < 1.29 is 9.53 Å². The highest BCUT2D eigenvalue weighted by Crippen LogP contribution is 2.14. The molecule has 2 nitrogen and oxygen atoms in total. The summed E-state index contributed by atoms with van der Waals surface area (Å²) in [6.45, 7) is 1.95. The minimum absolute atomic E-state index is 0.0674. The number of methoxy groups -OCH3 is 1. The number of hydrogen-bond acceptors (Lipinski definition) is 2. The van der Waals surface area contributed by atoms with Gasteiger partial charge in [0.25, 0.3) is 0 Å². The number of hydrogen-bond donors (Lipinski definition) is 0. The maximum Gasteiger partial charge on any atom is 0.349 e. The van der Waals surface area contributed by atoms with Gasteiger partial charge in [-0.1, -0.05) is 48.0 Å². The molecule has 0 fully saturated rings. The van der Waals surface area contributed by atoms with E-state index < -0.39 is 5.97 Å². The van der Waals surface area contributed by atoms with Crippen molar-refractivity contribution in [2.24, 2.45) is 0 Å². The van der Waals surface area contributed by atoms with Gasteiger partial charge in [0.2, 0.25) is 0 Å². The fourth-order valence-corrected chi connectivity index (χ4v) is 1.30. The minimum atomic E-state index is -0.529. The molecule has 84 valence electrons. The Bertz CT molecular complexity index is 419. The summed E-state index contributed by atoms with van der Waals surface area (Å²) in [5.74, 6) is -0.529. The summed E-state index contributed by atoms with van der Waals surface area (Å²) in [6.07, 6.45) is 3.32. The van der Waals surface area contributed by atoms with Crippen molar-refractivity contribution in [2.45, 2.75) is 6.92 Å². The van der Waals surface area contributed by atoms with Crippen molar-refractivity contribution in [1.82, 2.24) is 0 Å². The van der Waals surface area contributed by atoms with Crippen LogP contribution in [0.4, 0.5) is 0 Å². The fourth-order valence-electron chi connectivity index (χ4n) is 1.16. The van der Waals surface area contributed by atoms with Gasteiger partial charge in [-0.3, -0.25) is 0 Å². The third kappa shape index (κ3) is 3.55. The van der Waals surface area contributed by atoms with E-state index in [0.29, 0.717) is 0 Å². The summed E-state index contributed by atoms with van der Waals surface area (Å²) >= 11 is 5.70. The summed E-state index contributed by atoms with van der Waals surface area (Å²) in [5.41, 5.74) is 2.12. The van der Waals surface area contributed by atoms with Crippen molar-refractivity contribution in [2.75, 3.05) is 7.11 Å². The van der Waals surface area contributed by atoms with Gasteiger partial charge in [-0.15, -0.1) is 0 Å². The van der Waals surface area contributed by atoms with Crippen LogP contribution in [0, 0.1) is 0 Å². The molecule has 0 aliphatic rings. The van der Waals surface area contributed by atoms with Gasteiger partial charge in [-0.25, -0.2) is 4.79 Å². The lowest BCUT2D eigenvalue weighted by Crippen LogP contribution is -1.98. The van der Waals surface area contributed by atoms with Crippen molar-refractivity contribution in [3.8, 4) is 0 Å². The largest absolute Gasteiger partial charge is 0.465 e. The molecule has 0 N–H and O–H groups in total. The van der Waals surface area contributed by atoms with E-state index in [1.54, 1.807) is 6.08 Å². The monoisotopic (exact) mass is 236 g/mol. The van der Waals surface area contributed by atoms with Crippen LogP contribution in [0.3, 0.4) is 0 Å². The summed E-state index contributed by atoms with van der Waals surface area (Å²) < 4.78 is 4.48. The first-order chi connectivity index (χ1) is 7.65. The molecule has 1 aromatic carbocycles. The highest BCUT2D eigenvalue weighted by molar-refractivity contribution is 6.41. The molecule has 0 saturated carbocycles. The van der Waals surface area contributed by atoms with Crippen LogP contribution in [-0.4, -0.2) is 13.1 Å². The van der Waals surface area contributed by atoms with E-state index in [0.717, 1.165) is 11.1 Å². The first-order valence-electron chi connectivity index (χ1n) is 4.83. The van der Waals surface area contributed by atoms with Crippen LogP contribution < -0.4 is 0 Å². The van der Waals surface area contributed by atoms with Gasteiger partial charge in [0.05, 0.1) is 7.11 Å². The second-order valence-corrected chi connectivity index (χ2v) is 3.63. The summed E-state index contributed by atoms with van der Waals surface area (Å²) in [6, 6.07) is 9.85. The highest BCUT2D eigenvalue weighted by atomic mass is 35.5. The van der Waals surface area contributed by atoms with E-state index in [-0.39, 0.29) is 5.03 Å². The highest BCUT2D eigenvalue weighted by Gasteiger charge is 2.03. The van der Waals surface area contributed by atoms with Gasteiger partial charge in [-0.2, -0.15) is 0 Å². The van der Waals surface area contributed by atoms with Crippen LogP contribution in [0.2, 0.25) is 0 Å². The number of rotatable bonds is 3. The average Bonchev–Trinajstić information content (AvgIpc) is 2.35. The van der Waals surface area contributed by atoms with Crippen molar-refractivity contribution in [3.05, 3.63) is 53.1 Å². The molecule has 1 aromatic rings. The quantitative estimate of drug-likeness (QED) is 0.457. The zero-order chi connectivity index (χ0) is 12.0. The van der Waals surface area contributed by atoms with Crippen LogP contribution in [-0.2, 0) is 9.53 Å². The van der Waals surface area contributed by atoms with Crippen molar-refractivity contribution >= 4 is 23.1 Å². The topological polar surface area (TPSA) is 26.3 Å².